The van der Waals surface area contributed by atoms with Gasteiger partial charge in [0, 0.05) is 25.9 Å². The van der Waals surface area contributed by atoms with Crippen molar-refractivity contribution >= 4 is 39.4 Å². The largest absolute Gasteiger partial charge is 0.448 e. The summed E-state index contributed by atoms with van der Waals surface area (Å²) in [5.41, 5.74) is 7.73. The number of hydrogen-bond donors (Lipinski definition) is 1. The zero-order chi connectivity index (χ0) is 20.0. The van der Waals surface area contributed by atoms with Crippen molar-refractivity contribution in [3.8, 4) is 22.6 Å². The summed E-state index contributed by atoms with van der Waals surface area (Å²) >= 11 is 2.17. The van der Waals surface area contributed by atoms with Gasteiger partial charge in [-0.15, -0.1) is 0 Å². The molecule has 0 bridgehead atoms. The molecule has 0 aliphatic rings. The number of aromatic nitrogens is 4. The number of benzene rings is 1. The van der Waals surface area contributed by atoms with Gasteiger partial charge in [-0.25, -0.2) is 14.4 Å². The highest BCUT2D eigenvalue weighted by molar-refractivity contribution is 14.1. The standard InChI is InChI=1S/C19H15FIN5O2/c1-25-7-3-4-13(19(25)27)28-12-6-5-10(8-11(12)20)14-15-17(22)23-9-24-18(15)26(2)16(14)21/h3-9H,1-2H3,(H2,22,23,24). The molecule has 28 heavy (non-hydrogen) atoms. The third-order valence-electron chi connectivity index (χ3n) is 4.45. The first kappa shape index (κ1) is 18.4. The van der Waals surface area contributed by atoms with E-state index in [-0.39, 0.29) is 17.1 Å². The zero-order valence-corrected chi connectivity index (χ0v) is 17.1. The Bertz CT molecular complexity index is 1280. The molecule has 3 aromatic heterocycles. The highest BCUT2D eigenvalue weighted by atomic mass is 127. The van der Waals surface area contributed by atoms with E-state index in [0.717, 1.165) is 9.26 Å². The molecule has 4 aromatic rings. The first-order chi connectivity index (χ1) is 13.4. The van der Waals surface area contributed by atoms with Crippen LogP contribution in [0, 0.1) is 9.52 Å². The SMILES string of the molecule is Cn1cccc(Oc2ccc(-c3c(I)n(C)c4ncnc(N)c34)cc2F)c1=O. The molecule has 9 heteroatoms. The van der Waals surface area contributed by atoms with Crippen LogP contribution in [0.25, 0.3) is 22.2 Å². The topological polar surface area (TPSA) is 88.0 Å². The molecular weight excluding hydrogens is 476 g/mol. The minimum Gasteiger partial charge on any atom is -0.448 e. The second kappa shape index (κ2) is 6.89. The predicted molar refractivity (Wildman–Crippen MR) is 113 cm³/mol. The van der Waals surface area contributed by atoms with Crippen molar-refractivity contribution in [2.45, 2.75) is 0 Å². The number of nitrogens with zero attached hydrogens (tertiary/aromatic N) is 4. The molecule has 0 saturated heterocycles. The molecule has 0 radical (unpaired) electrons. The molecule has 0 unspecified atom stereocenters. The van der Waals surface area contributed by atoms with E-state index < -0.39 is 5.82 Å². The Balaban J connectivity index is 1.81. The van der Waals surface area contributed by atoms with Crippen LogP contribution in [0.4, 0.5) is 10.2 Å². The van der Waals surface area contributed by atoms with Crippen molar-refractivity contribution < 1.29 is 9.13 Å². The van der Waals surface area contributed by atoms with E-state index in [0.29, 0.717) is 22.4 Å². The summed E-state index contributed by atoms with van der Waals surface area (Å²) in [6, 6.07) is 7.72. The number of fused-ring (bicyclic) bond motifs is 1. The molecule has 2 N–H and O–H groups in total. The molecule has 0 aliphatic carbocycles. The van der Waals surface area contributed by atoms with Gasteiger partial charge in [-0.05, 0) is 52.4 Å². The maximum atomic E-state index is 14.8. The van der Waals surface area contributed by atoms with Gasteiger partial charge < -0.3 is 19.6 Å². The molecule has 0 fully saturated rings. The molecule has 4 rings (SSSR count). The van der Waals surface area contributed by atoms with E-state index >= 15 is 0 Å². The van der Waals surface area contributed by atoms with Gasteiger partial charge in [0.1, 0.15) is 17.8 Å². The number of ether oxygens (including phenoxy) is 1. The Hall–Kier alpha value is -2.95. The van der Waals surface area contributed by atoms with Gasteiger partial charge in [0.05, 0.1) is 9.09 Å². The Kier molecular flexibility index (Phi) is 4.53. The number of halogens is 2. The molecule has 0 spiro atoms. The fourth-order valence-electron chi connectivity index (χ4n) is 3.02. The summed E-state index contributed by atoms with van der Waals surface area (Å²) in [6.45, 7) is 0. The van der Waals surface area contributed by atoms with E-state index in [9.17, 15) is 9.18 Å². The first-order valence-corrected chi connectivity index (χ1v) is 9.34. The van der Waals surface area contributed by atoms with Gasteiger partial charge in [-0.2, -0.15) is 0 Å². The van der Waals surface area contributed by atoms with Gasteiger partial charge in [-0.1, -0.05) is 6.07 Å². The van der Waals surface area contributed by atoms with E-state index in [1.807, 2.05) is 11.6 Å². The molecule has 0 saturated carbocycles. The first-order valence-electron chi connectivity index (χ1n) is 8.26. The van der Waals surface area contributed by atoms with E-state index in [1.165, 1.54) is 29.1 Å². The van der Waals surface area contributed by atoms with Gasteiger partial charge in [-0.3, -0.25) is 4.79 Å². The maximum absolute atomic E-state index is 14.8. The number of pyridine rings is 1. The van der Waals surface area contributed by atoms with Crippen LogP contribution < -0.4 is 16.0 Å². The van der Waals surface area contributed by atoms with Gasteiger partial charge >= 0.3 is 0 Å². The van der Waals surface area contributed by atoms with Crippen molar-refractivity contribution in [2.24, 2.45) is 14.1 Å². The van der Waals surface area contributed by atoms with Crippen LogP contribution in [0.2, 0.25) is 0 Å². The van der Waals surface area contributed by atoms with Crippen LogP contribution in [0.5, 0.6) is 11.5 Å². The molecule has 0 amide bonds. The molecule has 7 nitrogen and oxygen atoms in total. The number of anilines is 1. The lowest BCUT2D eigenvalue weighted by Gasteiger charge is -2.09. The predicted octanol–water partition coefficient (Wildman–Crippen LogP) is 3.45. The van der Waals surface area contributed by atoms with Crippen molar-refractivity contribution in [3.63, 3.8) is 0 Å². The number of nitrogens with two attached hydrogens (primary N) is 1. The lowest BCUT2D eigenvalue weighted by Crippen LogP contribution is -2.16. The fourth-order valence-corrected chi connectivity index (χ4v) is 3.83. The monoisotopic (exact) mass is 491 g/mol. The van der Waals surface area contributed by atoms with Gasteiger partial charge in [0.2, 0.25) is 0 Å². The van der Waals surface area contributed by atoms with Crippen LogP contribution in [0.15, 0.2) is 47.7 Å². The van der Waals surface area contributed by atoms with Crippen molar-refractivity contribution in [1.82, 2.24) is 19.1 Å². The van der Waals surface area contributed by atoms with Crippen molar-refractivity contribution in [2.75, 3.05) is 5.73 Å². The summed E-state index contributed by atoms with van der Waals surface area (Å²) in [5.74, 6) is -0.251. The minimum atomic E-state index is -0.591. The fraction of sp³-hybridized carbons (Fsp3) is 0.105. The summed E-state index contributed by atoms with van der Waals surface area (Å²) in [7, 11) is 3.46. The Labute approximate surface area is 172 Å². The highest BCUT2D eigenvalue weighted by Gasteiger charge is 2.20. The van der Waals surface area contributed by atoms with E-state index in [2.05, 4.69) is 32.6 Å². The zero-order valence-electron chi connectivity index (χ0n) is 15.0. The number of rotatable bonds is 3. The smallest absolute Gasteiger partial charge is 0.293 e. The normalized spacial score (nSPS) is 11.1. The van der Waals surface area contributed by atoms with Crippen LogP contribution >= 0.6 is 22.6 Å². The molecular formula is C19H15FIN5O2. The molecule has 0 aliphatic heterocycles. The second-order valence-corrected chi connectivity index (χ2v) is 7.24. The average Bonchev–Trinajstić information content (AvgIpc) is 2.93. The second-order valence-electron chi connectivity index (χ2n) is 6.22. The van der Waals surface area contributed by atoms with Crippen LogP contribution in [-0.2, 0) is 14.1 Å². The molecule has 142 valence electrons. The van der Waals surface area contributed by atoms with Crippen LogP contribution in [0.3, 0.4) is 0 Å². The van der Waals surface area contributed by atoms with Crippen LogP contribution in [-0.4, -0.2) is 19.1 Å². The van der Waals surface area contributed by atoms with E-state index in [4.69, 9.17) is 10.5 Å². The molecule has 1 aromatic carbocycles. The summed E-state index contributed by atoms with van der Waals surface area (Å²) in [4.78, 5) is 20.4. The number of nitrogen functional groups attached to an aromatic ring is 1. The summed E-state index contributed by atoms with van der Waals surface area (Å²) in [5, 5.41) is 0.666. The average molecular weight is 491 g/mol. The number of hydrogen-bond acceptors (Lipinski definition) is 5. The molecule has 3 heterocycles. The maximum Gasteiger partial charge on any atom is 0.293 e. The lowest BCUT2D eigenvalue weighted by molar-refractivity contribution is 0.433. The Morgan fingerprint density at radius 1 is 1.18 bits per heavy atom. The minimum absolute atomic E-state index is 0.0356. The molecule has 0 atom stereocenters. The Morgan fingerprint density at radius 2 is 1.96 bits per heavy atom. The quantitative estimate of drug-likeness (QED) is 0.444. The number of aryl methyl sites for hydroxylation is 2. The highest BCUT2D eigenvalue weighted by Crippen LogP contribution is 2.38. The van der Waals surface area contributed by atoms with Crippen LogP contribution in [0.1, 0.15) is 0 Å². The van der Waals surface area contributed by atoms with Crippen molar-refractivity contribution in [1.29, 1.82) is 0 Å². The summed E-state index contributed by atoms with van der Waals surface area (Å²) < 4.78 is 24.4. The lowest BCUT2D eigenvalue weighted by atomic mass is 10.1. The van der Waals surface area contributed by atoms with Gasteiger partial charge in [0.15, 0.2) is 17.3 Å². The Morgan fingerprint density at radius 3 is 2.71 bits per heavy atom. The summed E-state index contributed by atoms with van der Waals surface area (Å²) in [6.07, 6.45) is 3.00. The third kappa shape index (κ3) is 2.91. The van der Waals surface area contributed by atoms with Crippen molar-refractivity contribution in [3.05, 3.63) is 62.7 Å². The van der Waals surface area contributed by atoms with Gasteiger partial charge in [0.25, 0.3) is 5.56 Å². The third-order valence-corrected chi connectivity index (χ3v) is 5.72. The van der Waals surface area contributed by atoms with E-state index in [1.54, 1.807) is 25.4 Å².